The number of nitrogens with one attached hydrogen (secondary N) is 1. The first-order valence-electron chi connectivity index (χ1n) is 7.98. The smallest absolute Gasteiger partial charge is 0.0345 e. The minimum Gasteiger partial charge on any atom is -0.307 e. The standard InChI is InChI=1S/C18H29N/c1-14(2)18(16-9-5-4-6-10-16)19-17-11-7-8-15(3)12-13-17/h4-6,9-10,14-15,17-19H,7-8,11-13H2,1-3H3. The van der Waals surface area contributed by atoms with Gasteiger partial charge in [0.2, 0.25) is 0 Å². The van der Waals surface area contributed by atoms with Gasteiger partial charge in [-0.05, 0) is 36.7 Å². The number of benzene rings is 1. The molecule has 3 atom stereocenters. The zero-order valence-corrected chi connectivity index (χ0v) is 12.7. The van der Waals surface area contributed by atoms with Gasteiger partial charge in [0.05, 0.1) is 0 Å². The monoisotopic (exact) mass is 259 g/mol. The van der Waals surface area contributed by atoms with Gasteiger partial charge >= 0.3 is 0 Å². The Labute approximate surface area is 118 Å². The summed E-state index contributed by atoms with van der Waals surface area (Å²) < 4.78 is 0. The maximum Gasteiger partial charge on any atom is 0.0345 e. The molecule has 0 radical (unpaired) electrons. The molecular formula is C18H29N. The lowest BCUT2D eigenvalue weighted by atomic mass is 9.94. The van der Waals surface area contributed by atoms with E-state index in [0.717, 1.165) is 5.92 Å². The molecule has 3 unspecified atom stereocenters. The first-order valence-corrected chi connectivity index (χ1v) is 7.98. The normalized spacial score (nSPS) is 26.1. The van der Waals surface area contributed by atoms with E-state index in [4.69, 9.17) is 0 Å². The highest BCUT2D eigenvalue weighted by Gasteiger charge is 2.22. The number of hydrogen-bond donors (Lipinski definition) is 1. The second-order valence-corrected chi connectivity index (χ2v) is 6.61. The maximum absolute atomic E-state index is 3.93. The van der Waals surface area contributed by atoms with Crippen molar-refractivity contribution in [3.63, 3.8) is 0 Å². The van der Waals surface area contributed by atoms with Gasteiger partial charge in [-0.1, -0.05) is 63.9 Å². The highest BCUT2D eigenvalue weighted by atomic mass is 15.0. The molecule has 1 saturated carbocycles. The average Bonchev–Trinajstić information content (AvgIpc) is 2.61. The van der Waals surface area contributed by atoms with Crippen LogP contribution in [0.15, 0.2) is 30.3 Å². The summed E-state index contributed by atoms with van der Waals surface area (Å²) in [6.07, 6.45) is 6.88. The molecule has 1 aliphatic rings. The minimum atomic E-state index is 0.500. The molecule has 1 heteroatoms. The third-order valence-electron chi connectivity index (χ3n) is 4.50. The van der Waals surface area contributed by atoms with Gasteiger partial charge in [0.15, 0.2) is 0 Å². The molecule has 1 fully saturated rings. The zero-order chi connectivity index (χ0) is 13.7. The van der Waals surface area contributed by atoms with Crippen LogP contribution in [0.4, 0.5) is 0 Å². The van der Waals surface area contributed by atoms with E-state index >= 15 is 0 Å². The van der Waals surface area contributed by atoms with E-state index in [9.17, 15) is 0 Å². The van der Waals surface area contributed by atoms with E-state index in [1.165, 1.54) is 37.7 Å². The highest BCUT2D eigenvalue weighted by Crippen LogP contribution is 2.27. The van der Waals surface area contributed by atoms with Crippen LogP contribution in [0, 0.1) is 11.8 Å². The van der Waals surface area contributed by atoms with Crippen molar-refractivity contribution in [2.24, 2.45) is 11.8 Å². The molecule has 1 aliphatic carbocycles. The maximum atomic E-state index is 3.93. The Morgan fingerprint density at radius 3 is 2.42 bits per heavy atom. The molecule has 0 bridgehead atoms. The van der Waals surface area contributed by atoms with Crippen LogP contribution < -0.4 is 5.32 Å². The second-order valence-electron chi connectivity index (χ2n) is 6.61. The van der Waals surface area contributed by atoms with Crippen molar-refractivity contribution in [3.05, 3.63) is 35.9 Å². The van der Waals surface area contributed by atoms with E-state index in [-0.39, 0.29) is 0 Å². The minimum absolute atomic E-state index is 0.500. The molecule has 0 aliphatic heterocycles. The molecule has 0 spiro atoms. The topological polar surface area (TPSA) is 12.0 Å². The number of rotatable bonds is 4. The van der Waals surface area contributed by atoms with E-state index in [1.807, 2.05) is 0 Å². The summed E-state index contributed by atoms with van der Waals surface area (Å²) in [4.78, 5) is 0. The molecule has 0 aromatic heterocycles. The van der Waals surface area contributed by atoms with Crippen LogP contribution in [0.25, 0.3) is 0 Å². The van der Waals surface area contributed by atoms with E-state index in [1.54, 1.807) is 0 Å². The lowest BCUT2D eigenvalue weighted by molar-refractivity contribution is 0.335. The van der Waals surface area contributed by atoms with E-state index in [2.05, 4.69) is 56.4 Å². The van der Waals surface area contributed by atoms with Crippen LogP contribution in [0.2, 0.25) is 0 Å². The first kappa shape index (κ1) is 14.6. The molecule has 2 rings (SSSR count). The molecule has 1 aromatic carbocycles. The van der Waals surface area contributed by atoms with Gasteiger partial charge in [-0.2, -0.15) is 0 Å². The van der Waals surface area contributed by atoms with Crippen molar-refractivity contribution in [3.8, 4) is 0 Å². The van der Waals surface area contributed by atoms with Crippen molar-refractivity contribution in [2.75, 3.05) is 0 Å². The molecule has 0 heterocycles. The Morgan fingerprint density at radius 2 is 1.74 bits per heavy atom. The first-order chi connectivity index (χ1) is 9.16. The van der Waals surface area contributed by atoms with Crippen LogP contribution >= 0.6 is 0 Å². The largest absolute Gasteiger partial charge is 0.307 e. The molecule has 0 saturated heterocycles. The van der Waals surface area contributed by atoms with Gasteiger partial charge in [0, 0.05) is 12.1 Å². The quantitative estimate of drug-likeness (QED) is 0.755. The molecule has 19 heavy (non-hydrogen) atoms. The summed E-state index contributed by atoms with van der Waals surface area (Å²) >= 11 is 0. The fraction of sp³-hybridized carbons (Fsp3) is 0.667. The summed E-state index contributed by atoms with van der Waals surface area (Å²) in [6, 6.07) is 12.1. The van der Waals surface area contributed by atoms with Crippen molar-refractivity contribution in [2.45, 2.75) is 65.0 Å². The summed E-state index contributed by atoms with van der Waals surface area (Å²) in [6.45, 7) is 7.05. The Hall–Kier alpha value is -0.820. The van der Waals surface area contributed by atoms with Crippen molar-refractivity contribution < 1.29 is 0 Å². The molecule has 1 nitrogen and oxygen atoms in total. The lowest BCUT2D eigenvalue weighted by Gasteiger charge is -2.28. The van der Waals surface area contributed by atoms with Gasteiger partial charge in [-0.3, -0.25) is 0 Å². The highest BCUT2D eigenvalue weighted by molar-refractivity contribution is 5.19. The van der Waals surface area contributed by atoms with Gasteiger partial charge in [0.25, 0.3) is 0 Å². The fourth-order valence-electron chi connectivity index (χ4n) is 3.24. The van der Waals surface area contributed by atoms with Crippen LogP contribution in [0.3, 0.4) is 0 Å². The van der Waals surface area contributed by atoms with Gasteiger partial charge in [0.1, 0.15) is 0 Å². The van der Waals surface area contributed by atoms with Crippen LogP contribution in [0.5, 0.6) is 0 Å². The predicted octanol–water partition coefficient (Wildman–Crippen LogP) is 4.94. The Kier molecular flexibility index (Phi) is 5.45. The Morgan fingerprint density at radius 1 is 1.00 bits per heavy atom. The molecule has 1 aromatic rings. The molecule has 1 N–H and O–H groups in total. The fourth-order valence-corrected chi connectivity index (χ4v) is 3.24. The third-order valence-corrected chi connectivity index (χ3v) is 4.50. The van der Waals surface area contributed by atoms with E-state index < -0.39 is 0 Å². The lowest BCUT2D eigenvalue weighted by Crippen LogP contribution is -2.35. The molecule has 106 valence electrons. The summed E-state index contributed by atoms with van der Waals surface area (Å²) in [5.41, 5.74) is 1.44. The molecular weight excluding hydrogens is 230 g/mol. The van der Waals surface area contributed by atoms with Crippen molar-refractivity contribution in [1.29, 1.82) is 0 Å². The second kappa shape index (κ2) is 7.09. The van der Waals surface area contributed by atoms with Gasteiger partial charge < -0.3 is 5.32 Å². The van der Waals surface area contributed by atoms with Gasteiger partial charge in [-0.15, -0.1) is 0 Å². The van der Waals surface area contributed by atoms with E-state index in [0.29, 0.717) is 18.0 Å². The zero-order valence-electron chi connectivity index (χ0n) is 12.7. The summed E-state index contributed by atoms with van der Waals surface area (Å²) in [5.74, 6) is 1.56. The van der Waals surface area contributed by atoms with Crippen molar-refractivity contribution in [1.82, 2.24) is 5.32 Å². The average molecular weight is 259 g/mol. The summed E-state index contributed by atoms with van der Waals surface area (Å²) in [5, 5.41) is 3.93. The SMILES string of the molecule is CC1CCCC(NC(c2ccccc2)C(C)C)CC1. The van der Waals surface area contributed by atoms with Crippen LogP contribution in [-0.2, 0) is 0 Å². The van der Waals surface area contributed by atoms with Crippen molar-refractivity contribution >= 4 is 0 Å². The Balaban J connectivity index is 2.01. The number of hydrogen-bond acceptors (Lipinski definition) is 1. The summed E-state index contributed by atoms with van der Waals surface area (Å²) in [7, 11) is 0. The predicted molar refractivity (Wildman–Crippen MR) is 83.2 cm³/mol. The molecule has 0 amide bonds. The van der Waals surface area contributed by atoms with Gasteiger partial charge in [-0.25, -0.2) is 0 Å². The Bertz CT molecular complexity index is 357. The van der Waals surface area contributed by atoms with Crippen LogP contribution in [0.1, 0.15) is 64.5 Å². The van der Waals surface area contributed by atoms with Crippen LogP contribution in [-0.4, -0.2) is 6.04 Å². The third kappa shape index (κ3) is 4.35.